The van der Waals surface area contributed by atoms with Gasteiger partial charge in [-0.1, -0.05) is 34.1 Å². The van der Waals surface area contributed by atoms with E-state index in [4.69, 9.17) is 0 Å². The molecular weight excluding hydrogens is 420 g/mol. The highest BCUT2D eigenvalue weighted by molar-refractivity contribution is 9.10. The highest BCUT2D eigenvalue weighted by Crippen LogP contribution is 2.20. The van der Waals surface area contributed by atoms with Crippen molar-refractivity contribution in [1.82, 2.24) is 10.0 Å². The van der Waals surface area contributed by atoms with Gasteiger partial charge >= 0.3 is 0 Å². The van der Waals surface area contributed by atoms with Crippen LogP contribution in [-0.2, 0) is 21.2 Å². The van der Waals surface area contributed by atoms with Crippen LogP contribution in [0.1, 0.15) is 28.8 Å². The monoisotopic (exact) mass is 436 g/mol. The van der Waals surface area contributed by atoms with Gasteiger partial charge in [0.25, 0.3) is 15.9 Å². The Morgan fingerprint density at radius 1 is 1.04 bits per heavy atom. The van der Waals surface area contributed by atoms with Crippen molar-refractivity contribution in [2.24, 2.45) is 0 Å². The zero-order chi connectivity index (χ0) is 18.7. The summed E-state index contributed by atoms with van der Waals surface area (Å²) in [7, 11) is -3.99. The van der Waals surface area contributed by atoms with Gasteiger partial charge in [0.2, 0.25) is 5.91 Å². The highest BCUT2D eigenvalue weighted by atomic mass is 79.9. The summed E-state index contributed by atoms with van der Waals surface area (Å²) < 4.78 is 27.5. The first-order valence-electron chi connectivity index (χ1n) is 8.05. The van der Waals surface area contributed by atoms with Crippen molar-refractivity contribution in [3.63, 3.8) is 0 Å². The molecule has 26 heavy (non-hydrogen) atoms. The van der Waals surface area contributed by atoms with E-state index in [0.717, 1.165) is 17.3 Å². The van der Waals surface area contributed by atoms with E-state index in [1.807, 2.05) is 6.07 Å². The van der Waals surface area contributed by atoms with Crippen LogP contribution in [-0.4, -0.2) is 26.3 Å². The second kappa shape index (κ2) is 7.59. The van der Waals surface area contributed by atoms with Crippen molar-refractivity contribution in [1.29, 1.82) is 0 Å². The van der Waals surface area contributed by atoms with Crippen molar-refractivity contribution in [3.05, 3.63) is 64.1 Å². The number of halogens is 1. The molecule has 3 rings (SSSR count). The Labute approximate surface area is 160 Å². The van der Waals surface area contributed by atoms with Crippen LogP contribution in [0, 0.1) is 0 Å². The first kappa shape index (κ1) is 18.6. The molecule has 0 spiro atoms. The molecule has 0 aromatic heterocycles. The molecule has 1 fully saturated rings. The molecule has 136 valence electrons. The summed E-state index contributed by atoms with van der Waals surface area (Å²) in [4.78, 5) is 23.9. The molecule has 2 N–H and O–H groups in total. The molecule has 0 unspecified atom stereocenters. The van der Waals surface area contributed by atoms with Gasteiger partial charge in [-0.15, -0.1) is 0 Å². The maximum atomic E-state index is 12.3. The summed E-state index contributed by atoms with van der Waals surface area (Å²) in [6, 6.07) is 12.8. The molecule has 0 heterocycles. The van der Waals surface area contributed by atoms with E-state index in [-0.39, 0.29) is 23.3 Å². The molecule has 6 nitrogen and oxygen atoms in total. The van der Waals surface area contributed by atoms with Gasteiger partial charge in [0.1, 0.15) is 0 Å². The first-order chi connectivity index (χ1) is 12.3. The van der Waals surface area contributed by atoms with E-state index < -0.39 is 15.9 Å². The number of carbonyl (C=O) groups excluding carboxylic acids is 2. The lowest BCUT2D eigenvalue weighted by Gasteiger charge is -2.09. The fraction of sp³-hybridized carbons (Fsp3) is 0.222. The Morgan fingerprint density at radius 3 is 2.31 bits per heavy atom. The van der Waals surface area contributed by atoms with E-state index in [9.17, 15) is 18.0 Å². The number of carbonyl (C=O) groups is 2. The first-order valence-corrected chi connectivity index (χ1v) is 10.3. The fourth-order valence-corrected chi connectivity index (χ4v) is 3.75. The topological polar surface area (TPSA) is 92.3 Å². The minimum absolute atomic E-state index is 0.0669. The van der Waals surface area contributed by atoms with Gasteiger partial charge in [0, 0.05) is 16.1 Å². The van der Waals surface area contributed by atoms with Gasteiger partial charge in [-0.05, 0) is 48.7 Å². The van der Waals surface area contributed by atoms with Gasteiger partial charge in [0.15, 0.2) is 0 Å². The Morgan fingerprint density at radius 2 is 1.69 bits per heavy atom. The van der Waals surface area contributed by atoms with Crippen LogP contribution >= 0.6 is 15.9 Å². The van der Waals surface area contributed by atoms with Gasteiger partial charge in [-0.2, -0.15) is 0 Å². The van der Waals surface area contributed by atoms with Crippen LogP contribution < -0.4 is 10.0 Å². The normalized spacial score (nSPS) is 13.9. The average Bonchev–Trinajstić information content (AvgIpc) is 3.40. The molecule has 2 amide bonds. The molecule has 8 heteroatoms. The predicted molar refractivity (Wildman–Crippen MR) is 100 cm³/mol. The summed E-state index contributed by atoms with van der Waals surface area (Å²) in [5.74, 6) is -0.859. The number of amides is 2. The summed E-state index contributed by atoms with van der Waals surface area (Å²) in [5.41, 5.74) is 1.07. The van der Waals surface area contributed by atoms with Gasteiger partial charge in [-0.3, -0.25) is 9.59 Å². The van der Waals surface area contributed by atoms with Crippen molar-refractivity contribution in [2.75, 3.05) is 0 Å². The predicted octanol–water partition coefficient (Wildman–Crippen LogP) is 2.39. The van der Waals surface area contributed by atoms with Crippen LogP contribution in [0.2, 0.25) is 0 Å². The standard InChI is InChI=1S/C18H17BrN2O4S/c19-16-4-2-1-3-13(16)11-17(22)21-26(24,25)15-9-5-12(6-10-15)18(23)20-14-7-8-14/h1-6,9-10,14H,7-8,11H2,(H,20,23)(H,21,22). The van der Waals surface area contributed by atoms with Crippen molar-refractivity contribution in [2.45, 2.75) is 30.2 Å². The van der Waals surface area contributed by atoms with Crippen molar-refractivity contribution < 1.29 is 18.0 Å². The summed E-state index contributed by atoms with van der Waals surface area (Å²) >= 11 is 3.32. The van der Waals surface area contributed by atoms with E-state index >= 15 is 0 Å². The summed E-state index contributed by atoms with van der Waals surface area (Å²) in [6.45, 7) is 0. The van der Waals surface area contributed by atoms with E-state index in [1.165, 1.54) is 24.3 Å². The van der Waals surface area contributed by atoms with Crippen molar-refractivity contribution in [3.8, 4) is 0 Å². The molecule has 0 radical (unpaired) electrons. The number of sulfonamides is 1. The Kier molecular flexibility index (Phi) is 5.43. The molecule has 2 aromatic carbocycles. The largest absolute Gasteiger partial charge is 0.349 e. The number of rotatable bonds is 6. The summed E-state index contributed by atoms with van der Waals surface area (Å²) in [6.07, 6.45) is 1.88. The number of benzene rings is 2. The van der Waals surface area contributed by atoms with E-state index in [2.05, 4.69) is 26.0 Å². The average molecular weight is 437 g/mol. The van der Waals surface area contributed by atoms with Crippen LogP contribution in [0.3, 0.4) is 0 Å². The molecule has 0 bridgehead atoms. The highest BCUT2D eigenvalue weighted by Gasteiger charge is 2.24. The lowest BCUT2D eigenvalue weighted by atomic mass is 10.1. The smallest absolute Gasteiger partial charge is 0.264 e. The maximum absolute atomic E-state index is 12.3. The molecule has 0 atom stereocenters. The number of hydrogen-bond donors (Lipinski definition) is 2. The lowest BCUT2D eigenvalue weighted by molar-refractivity contribution is -0.118. The summed E-state index contributed by atoms with van der Waals surface area (Å²) in [5, 5.41) is 2.83. The van der Waals surface area contributed by atoms with E-state index in [0.29, 0.717) is 11.1 Å². The van der Waals surface area contributed by atoms with Crippen LogP contribution in [0.4, 0.5) is 0 Å². The fourth-order valence-electron chi connectivity index (χ4n) is 2.34. The SMILES string of the molecule is O=C(Cc1ccccc1Br)NS(=O)(=O)c1ccc(C(=O)NC2CC2)cc1. The molecule has 1 aliphatic carbocycles. The Hall–Kier alpha value is -2.19. The third-order valence-electron chi connectivity index (χ3n) is 3.90. The zero-order valence-corrected chi connectivity index (χ0v) is 16.1. The molecule has 1 aliphatic rings. The molecular formula is C18H17BrN2O4S. The molecule has 0 aliphatic heterocycles. The van der Waals surface area contributed by atoms with Crippen LogP contribution in [0.15, 0.2) is 57.9 Å². The number of hydrogen-bond acceptors (Lipinski definition) is 4. The number of nitrogens with one attached hydrogen (secondary N) is 2. The lowest BCUT2D eigenvalue weighted by Crippen LogP contribution is -2.32. The van der Waals surface area contributed by atoms with Gasteiger partial charge in [-0.25, -0.2) is 13.1 Å². The molecule has 2 aromatic rings. The maximum Gasteiger partial charge on any atom is 0.264 e. The third kappa shape index (κ3) is 4.70. The Balaban J connectivity index is 1.66. The minimum atomic E-state index is -3.99. The quantitative estimate of drug-likeness (QED) is 0.726. The second-order valence-electron chi connectivity index (χ2n) is 6.07. The van der Waals surface area contributed by atoms with Crippen LogP contribution in [0.25, 0.3) is 0 Å². The van der Waals surface area contributed by atoms with E-state index in [1.54, 1.807) is 18.2 Å². The van der Waals surface area contributed by atoms with Crippen molar-refractivity contribution >= 4 is 37.8 Å². The van der Waals surface area contributed by atoms with Gasteiger partial charge < -0.3 is 5.32 Å². The van der Waals surface area contributed by atoms with Gasteiger partial charge in [0.05, 0.1) is 11.3 Å². The minimum Gasteiger partial charge on any atom is -0.349 e. The second-order valence-corrected chi connectivity index (χ2v) is 8.61. The molecule has 1 saturated carbocycles. The zero-order valence-electron chi connectivity index (χ0n) is 13.7. The Bertz CT molecular complexity index is 938. The molecule has 0 saturated heterocycles. The third-order valence-corrected chi connectivity index (χ3v) is 6.06. The van der Waals surface area contributed by atoms with Crippen LogP contribution in [0.5, 0.6) is 0 Å².